The van der Waals surface area contributed by atoms with Gasteiger partial charge in [-0.25, -0.2) is 0 Å². The largest absolute Gasteiger partial charge is 0.497 e. The van der Waals surface area contributed by atoms with Crippen molar-refractivity contribution in [2.45, 2.75) is 6.42 Å². The zero-order valence-electron chi connectivity index (χ0n) is 16.1. The van der Waals surface area contributed by atoms with E-state index in [1.807, 2.05) is 19.2 Å². The number of hydrogen-bond donors (Lipinski definition) is 1. The van der Waals surface area contributed by atoms with Gasteiger partial charge in [-0.1, -0.05) is 0 Å². The maximum Gasteiger partial charge on any atom is 0.193 e. The molecule has 0 aromatic heterocycles. The average Bonchev–Trinajstić information content (AvgIpc) is 3.08. The second kappa shape index (κ2) is 10.2. The fraction of sp³-hybridized carbons (Fsp3) is 0.632. The van der Waals surface area contributed by atoms with Crippen molar-refractivity contribution in [2.75, 3.05) is 71.9 Å². The van der Waals surface area contributed by atoms with E-state index in [1.165, 1.54) is 25.2 Å². The molecule has 1 N–H and O–H groups in total. The molecule has 0 aliphatic carbocycles. The highest BCUT2D eigenvalue weighted by Crippen LogP contribution is 2.20. The zero-order valence-corrected chi connectivity index (χ0v) is 18.5. The molecular weight excluding hydrogens is 441 g/mol. The Kier molecular flexibility index (Phi) is 8.27. The number of nitrogens with zero attached hydrogens (tertiary/aromatic N) is 4. The van der Waals surface area contributed by atoms with Crippen molar-refractivity contribution in [3.63, 3.8) is 0 Å². The van der Waals surface area contributed by atoms with Gasteiger partial charge in [-0.3, -0.25) is 4.99 Å². The van der Waals surface area contributed by atoms with E-state index in [0.29, 0.717) is 0 Å². The first kappa shape index (κ1) is 21.1. The first-order valence-corrected chi connectivity index (χ1v) is 9.22. The van der Waals surface area contributed by atoms with E-state index in [2.05, 4.69) is 44.2 Å². The van der Waals surface area contributed by atoms with Crippen LogP contribution in [0.25, 0.3) is 0 Å². The highest BCUT2D eigenvalue weighted by molar-refractivity contribution is 14.0. The molecule has 26 heavy (non-hydrogen) atoms. The van der Waals surface area contributed by atoms with Crippen LogP contribution in [0.15, 0.2) is 29.3 Å². The first-order chi connectivity index (χ1) is 12.2. The highest BCUT2D eigenvalue weighted by Gasteiger charge is 2.23. The standard InChI is InChI=1S/C19H31N5O.HI/c1-20-19(21-14-16-8-9-22(2)15-16)24-12-10-23(11-13-24)17-4-6-18(25-3)7-5-17;/h4-7,16H,8-15H2,1-3H3,(H,20,21);1H. The van der Waals surface area contributed by atoms with Crippen molar-refractivity contribution in [1.82, 2.24) is 15.1 Å². The summed E-state index contributed by atoms with van der Waals surface area (Å²) in [5.74, 6) is 2.69. The van der Waals surface area contributed by atoms with Crippen molar-refractivity contribution in [3.8, 4) is 5.75 Å². The summed E-state index contributed by atoms with van der Waals surface area (Å²) in [7, 11) is 5.79. The Hall–Kier alpha value is -1.22. The number of likely N-dealkylation sites (tertiary alicyclic amines) is 1. The molecule has 0 spiro atoms. The van der Waals surface area contributed by atoms with Gasteiger partial charge in [-0.2, -0.15) is 0 Å². The molecule has 0 saturated carbocycles. The van der Waals surface area contributed by atoms with Crippen molar-refractivity contribution in [1.29, 1.82) is 0 Å². The number of methoxy groups -OCH3 is 1. The van der Waals surface area contributed by atoms with Gasteiger partial charge >= 0.3 is 0 Å². The molecule has 6 nitrogen and oxygen atoms in total. The lowest BCUT2D eigenvalue weighted by molar-refractivity contribution is 0.363. The number of guanidine groups is 1. The van der Waals surface area contributed by atoms with Crippen LogP contribution < -0.4 is 15.0 Å². The van der Waals surface area contributed by atoms with Gasteiger partial charge in [0.1, 0.15) is 5.75 Å². The predicted octanol–water partition coefficient (Wildman–Crippen LogP) is 1.96. The molecule has 1 aromatic carbocycles. The minimum absolute atomic E-state index is 0. The van der Waals surface area contributed by atoms with E-state index in [-0.39, 0.29) is 24.0 Å². The molecule has 7 heteroatoms. The second-order valence-electron chi connectivity index (χ2n) is 7.02. The number of piperazine rings is 1. The van der Waals surface area contributed by atoms with Gasteiger partial charge in [0.15, 0.2) is 5.96 Å². The van der Waals surface area contributed by atoms with Crippen LogP contribution in [-0.2, 0) is 0 Å². The van der Waals surface area contributed by atoms with E-state index in [4.69, 9.17) is 4.74 Å². The van der Waals surface area contributed by atoms with E-state index in [1.54, 1.807) is 7.11 Å². The molecule has 2 fully saturated rings. The predicted molar refractivity (Wildman–Crippen MR) is 119 cm³/mol. The Balaban J connectivity index is 0.00000243. The molecule has 3 rings (SSSR count). The van der Waals surface area contributed by atoms with E-state index >= 15 is 0 Å². The van der Waals surface area contributed by atoms with Gasteiger partial charge in [0.25, 0.3) is 0 Å². The lowest BCUT2D eigenvalue weighted by Gasteiger charge is -2.38. The second-order valence-corrected chi connectivity index (χ2v) is 7.02. The van der Waals surface area contributed by atoms with Crippen LogP contribution in [0.3, 0.4) is 0 Å². The van der Waals surface area contributed by atoms with Crippen LogP contribution in [0, 0.1) is 5.92 Å². The van der Waals surface area contributed by atoms with Gasteiger partial charge in [0.05, 0.1) is 7.11 Å². The van der Waals surface area contributed by atoms with Gasteiger partial charge in [0.2, 0.25) is 0 Å². The first-order valence-electron chi connectivity index (χ1n) is 9.22. The number of rotatable bonds is 4. The Labute approximate surface area is 174 Å². The minimum atomic E-state index is 0. The molecule has 1 unspecified atom stereocenters. The summed E-state index contributed by atoms with van der Waals surface area (Å²) < 4.78 is 5.24. The fourth-order valence-electron chi connectivity index (χ4n) is 3.73. The van der Waals surface area contributed by atoms with Crippen LogP contribution in [0.1, 0.15) is 6.42 Å². The SMILES string of the molecule is CN=C(NCC1CCN(C)C1)N1CCN(c2ccc(OC)cc2)CC1.I. The normalized spacial score (nSPS) is 21.5. The maximum absolute atomic E-state index is 5.24. The molecule has 2 aliphatic heterocycles. The van der Waals surface area contributed by atoms with Crippen LogP contribution in [0.4, 0.5) is 5.69 Å². The summed E-state index contributed by atoms with van der Waals surface area (Å²) >= 11 is 0. The number of benzene rings is 1. The molecule has 146 valence electrons. The molecule has 1 atom stereocenters. The van der Waals surface area contributed by atoms with E-state index in [0.717, 1.165) is 50.4 Å². The summed E-state index contributed by atoms with van der Waals surface area (Å²) in [6.07, 6.45) is 1.28. The number of anilines is 1. The Morgan fingerprint density at radius 3 is 2.38 bits per heavy atom. The minimum Gasteiger partial charge on any atom is -0.497 e. The Morgan fingerprint density at radius 2 is 1.85 bits per heavy atom. The molecule has 0 bridgehead atoms. The quantitative estimate of drug-likeness (QED) is 0.412. The molecule has 2 aliphatic rings. The van der Waals surface area contributed by atoms with Crippen molar-refractivity contribution in [2.24, 2.45) is 10.9 Å². The third-order valence-electron chi connectivity index (χ3n) is 5.27. The molecule has 2 heterocycles. The lowest BCUT2D eigenvalue weighted by atomic mass is 10.1. The number of nitrogens with one attached hydrogen (secondary N) is 1. The molecule has 1 aromatic rings. The number of aliphatic imine (C=N–C) groups is 1. The van der Waals surface area contributed by atoms with Crippen molar-refractivity contribution in [3.05, 3.63) is 24.3 Å². The summed E-state index contributed by atoms with van der Waals surface area (Å²) in [4.78, 5) is 11.7. The zero-order chi connectivity index (χ0) is 17.6. The van der Waals surface area contributed by atoms with E-state index < -0.39 is 0 Å². The van der Waals surface area contributed by atoms with Gasteiger partial charge < -0.3 is 24.8 Å². The number of halogens is 1. The number of hydrogen-bond acceptors (Lipinski definition) is 4. The van der Waals surface area contributed by atoms with Gasteiger partial charge in [0, 0.05) is 52.0 Å². The number of ether oxygens (including phenoxy) is 1. The molecule has 0 radical (unpaired) electrons. The van der Waals surface area contributed by atoms with Gasteiger partial charge in [-0.15, -0.1) is 24.0 Å². The van der Waals surface area contributed by atoms with Crippen LogP contribution >= 0.6 is 24.0 Å². The van der Waals surface area contributed by atoms with Crippen molar-refractivity contribution >= 4 is 35.6 Å². The molecule has 0 amide bonds. The summed E-state index contributed by atoms with van der Waals surface area (Å²) in [6.45, 7) is 7.45. The fourth-order valence-corrected chi connectivity index (χ4v) is 3.73. The van der Waals surface area contributed by atoms with Crippen LogP contribution in [0.5, 0.6) is 5.75 Å². The monoisotopic (exact) mass is 473 g/mol. The summed E-state index contributed by atoms with van der Waals surface area (Å²) in [5.41, 5.74) is 1.26. The smallest absolute Gasteiger partial charge is 0.193 e. The average molecular weight is 473 g/mol. The summed E-state index contributed by atoms with van der Waals surface area (Å²) in [6, 6.07) is 8.33. The topological polar surface area (TPSA) is 43.3 Å². The molecule has 2 saturated heterocycles. The Morgan fingerprint density at radius 1 is 1.15 bits per heavy atom. The third kappa shape index (κ3) is 5.39. The summed E-state index contributed by atoms with van der Waals surface area (Å²) in [5, 5.41) is 3.59. The van der Waals surface area contributed by atoms with E-state index in [9.17, 15) is 0 Å². The van der Waals surface area contributed by atoms with Crippen LogP contribution in [-0.4, -0.2) is 82.8 Å². The van der Waals surface area contributed by atoms with Crippen molar-refractivity contribution < 1.29 is 4.74 Å². The highest BCUT2D eigenvalue weighted by atomic mass is 127. The maximum atomic E-state index is 5.24. The molecular formula is C19H32IN5O. The Bertz CT molecular complexity index is 572. The van der Waals surface area contributed by atoms with Gasteiger partial charge in [-0.05, 0) is 50.2 Å². The lowest BCUT2D eigenvalue weighted by Crippen LogP contribution is -2.53. The third-order valence-corrected chi connectivity index (χ3v) is 5.27. The van der Waals surface area contributed by atoms with Crippen LogP contribution in [0.2, 0.25) is 0 Å².